The number of alkyl carbamates (subject to hydrolysis) is 1. The highest BCUT2D eigenvalue weighted by molar-refractivity contribution is 5.87. The van der Waals surface area contributed by atoms with Crippen molar-refractivity contribution in [3.63, 3.8) is 0 Å². The van der Waals surface area contributed by atoms with Gasteiger partial charge < -0.3 is 19.5 Å². The van der Waals surface area contributed by atoms with Crippen LogP contribution in [0.2, 0.25) is 0 Å². The van der Waals surface area contributed by atoms with Crippen molar-refractivity contribution in [2.45, 2.75) is 69.2 Å². The number of ether oxygens (including phenoxy) is 3. The molecular formula is C20H22F11NO6. The molecule has 0 aliphatic carbocycles. The van der Waals surface area contributed by atoms with Gasteiger partial charge in [0, 0.05) is 11.1 Å². The highest BCUT2D eigenvalue weighted by Gasteiger charge is 2.80. The minimum atomic E-state index is -7.00. The van der Waals surface area contributed by atoms with E-state index in [4.69, 9.17) is 0 Å². The molecule has 0 aliphatic heterocycles. The maximum absolute atomic E-state index is 14.6. The average molecular weight is 581 g/mol. The highest BCUT2D eigenvalue weighted by Crippen LogP contribution is 2.53. The molecule has 2 unspecified atom stereocenters. The largest absolute Gasteiger partial charge is 0.460 e. The molecule has 38 heavy (non-hydrogen) atoms. The van der Waals surface area contributed by atoms with Gasteiger partial charge in [0.15, 0.2) is 0 Å². The summed E-state index contributed by atoms with van der Waals surface area (Å²) in [5.74, 6) is -16.0. The predicted molar refractivity (Wildman–Crippen MR) is 105 cm³/mol. The van der Waals surface area contributed by atoms with E-state index in [-0.39, 0.29) is 11.1 Å². The van der Waals surface area contributed by atoms with Crippen molar-refractivity contribution in [3.05, 3.63) is 24.3 Å². The first-order chi connectivity index (χ1) is 16.6. The molecule has 0 bridgehead atoms. The molecule has 0 spiro atoms. The van der Waals surface area contributed by atoms with E-state index in [0.29, 0.717) is 0 Å². The SMILES string of the molecule is C=C(C)C(=O)OCC(C)(COC(=O)C(=C)C)NC(=O)OC(C(C)(F)C(F)(F)C(F)(F)F)C(F)(F)C(F)(F)F. The Bertz CT molecular complexity index is 911. The number of alkyl halides is 11. The Morgan fingerprint density at radius 1 is 0.737 bits per heavy atom. The molecular weight excluding hydrogens is 559 g/mol. The molecule has 0 saturated carbocycles. The minimum absolute atomic E-state index is 0.249. The third-order valence-electron chi connectivity index (χ3n) is 4.54. The Kier molecular flexibility index (Phi) is 10.4. The first-order valence-electron chi connectivity index (χ1n) is 9.86. The summed E-state index contributed by atoms with van der Waals surface area (Å²) in [5, 5.41) is 1.43. The molecule has 0 radical (unpaired) electrons. The van der Waals surface area contributed by atoms with E-state index >= 15 is 0 Å². The van der Waals surface area contributed by atoms with Crippen molar-refractivity contribution in [2.75, 3.05) is 13.2 Å². The molecule has 0 aliphatic rings. The second kappa shape index (κ2) is 11.3. The second-order valence-corrected chi connectivity index (χ2v) is 8.45. The van der Waals surface area contributed by atoms with Gasteiger partial charge in [0.2, 0.25) is 11.8 Å². The lowest BCUT2D eigenvalue weighted by molar-refractivity contribution is -0.376. The van der Waals surface area contributed by atoms with E-state index in [0.717, 1.165) is 20.8 Å². The number of carbonyl (C=O) groups excluding carboxylic acids is 3. The summed E-state index contributed by atoms with van der Waals surface area (Å²) in [6, 6.07) is 0. The molecule has 0 aromatic heterocycles. The van der Waals surface area contributed by atoms with Gasteiger partial charge in [-0.25, -0.2) is 18.8 Å². The number of esters is 2. The van der Waals surface area contributed by atoms with Gasteiger partial charge in [-0.05, 0) is 27.7 Å². The van der Waals surface area contributed by atoms with Crippen LogP contribution in [0.5, 0.6) is 0 Å². The van der Waals surface area contributed by atoms with Crippen LogP contribution >= 0.6 is 0 Å². The molecule has 2 atom stereocenters. The van der Waals surface area contributed by atoms with Gasteiger partial charge in [-0.1, -0.05) is 13.2 Å². The van der Waals surface area contributed by atoms with Crippen molar-refractivity contribution >= 4 is 18.0 Å². The van der Waals surface area contributed by atoms with Crippen LogP contribution in [0.15, 0.2) is 24.3 Å². The fourth-order valence-electron chi connectivity index (χ4n) is 2.31. The lowest BCUT2D eigenvalue weighted by atomic mass is 9.88. The molecule has 0 rings (SSSR count). The van der Waals surface area contributed by atoms with Gasteiger partial charge in [-0.2, -0.15) is 43.9 Å². The summed E-state index contributed by atoms with van der Waals surface area (Å²) >= 11 is 0. The number of rotatable bonds is 11. The maximum atomic E-state index is 14.6. The summed E-state index contributed by atoms with van der Waals surface area (Å²) in [6.07, 6.45) is -21.7. The van der Waals surface area contributed by atoms with Gasteiger partial charge in [0.25, 0.3) is 0 Å². The molecule has 1 amide bonds. The maximum Gasteiger partial charge on any atom is 0.457 e. The Balaban J connectivity index is 6.41. The Labute approximate surface area is 207 Å². The minimum Gasteiger partial charge on any atom is -0.460 e. The third kappa shape index (κ3) is 7.96. The van der Waals surface area contributed by atoms with Crippen molar-refractivity contribution in [1.82, 2.24) is 5.32 Å². The monoisotopic (exact) mass is 581 g/mol. The normalized spacial score (nSPS) is 15.6. The molecule has 0 saturated heterocycles. The van der Waals surface area contributed by atoms with Crippen LogP contribution < -0.4 is 5.32 Å². The van der Waals surface area contributed by atoms with Crippen LogP contribution in [0.1, 0.15) is 27.7 Å². The van der Waals surface area contributed by atoms with Crippen LogP contribution in [0.3, 0.4) is 0 Å². The lowest BCUT2D eigenvalue weighted by Crippen LogP contribution is -2.68. The van der Waals surface area contributed by atoms with E-state index in [9.17, 15) is 62.7 Å². The van der Waals surface area contributed by atoms with Crippen LogP contribution in [0, 0.1) is 0 Å². The van der Waals surface area contributed by atoms with E-state index in [1.807, 2.05) is 0 Å². The van der Waals surface area contributed by atoms with E-state index < -0.39 is 79.7 Å². The van der Waals surface area contributed by atoms with Gasteiger partial charge in [0.05, 0.1) is 0 Å². The van der Waals surface area contributed by atoms with Crippen molar-refractivity contribution in [3.8, 4) is 0 Å². The van der Waals surface area contributed by atoms with Crippen molar-refractivity contribution in [2.24, 2.45) is 0 Å². The zero-order valence-electron chi connectivity index (χ0n) is 20.0. The van der Waals surface area contributed by atoms with Crippen molar-refractivity contribution < 1.29 is 76.9 Å². The smallest absolute Gasteiger partial charge is 0.457 e. The summed E-state index contributed by atoms with van der Waals surface area (Å²) < 4.78 is 159. The second-order valence-electron chi connectivity index (χ2n) is 8.45. The molecule has 0 aromatic carbocycles. The first-order valence-corrected chi connectivity index (χ1v) is 9.86. The van der Waals surface area contributed by atoms with Gasteiger partial charge in [-0.15, -0.1) is 0 Å². The fourth-order valence-corrected chi connectivity index (χ4v) is 2.31. The summed E-state index contributed by atoms with van der Waals surface area (Å²) in [4.78, 5) is 35.4. The standard InChI is InChI=1S/C20H22F11NO6/c1-9(2)11(33)36-7-15(5,8-37-12(34)10(3)4)32-14(35)38-13(17(22,23)19(26,27)28)16(6,21)18(24,25)20(29,30)31/h13H,1,3,7-8H2,2,4-6H3,(H,32,35). The number of halogens is 11. The summed E-state index contributed by atoms with van der Waals surface area (Å²) in [7, 11) is 0. The van der Waals surface area contributed by atoms with E-state index in [1.54, 1.807) is 0 Å². The van der Waals surface area contributed by atoms with Crippen LogP contribution in [0.4, 0.5) is 53.1 Å². The van der Waals surface area contributed by atoms with Crippen LogP contribution in [-0.2, 0) is 23.8 Å². The number of carbonyl (C=O) groups is 3. The highest BCUT2D eigenvalue weighted by atomic mass is 19.4. The topological polar surface area (TPSA) is 90.9 Å². The Morgan fingerprint density at radius 3 is 1.39 bits per heavy atom. The van der Waals surface area contributed by atoms with Gasteiger partial charge in [0.1, 0.15) is 18.8 Å². The Morgan fingerprint density at radius 2 is 1.11 bits per heavy atom. The zero-order chi connectivity index (χ0) is 30.7. The van der Waals surface area contributed by atoms with Crippen LogP contribution in [0.25, 0.3) is 0 Å². The fraction of sp³-hybridized carbons (Fsp3) is 0.650. The summed E-state index contributed by atoms with van der Waals surface area (Å²) in [6.45, 7) is 6.32. The molecule has 220 valence electrons. The number of hydrogen-bond donors (Lipinski definition) is 1. The summed E-state index contributed by atoms with van der Waals surface area (Å²) in [5.41, 5.74) is -8.70. The molecule has 0 heterocycles. The van der Waals surface area contributed by atoms with Gasteiger partial charge in [-0.3, -0.25) is 0 Å². The predicted octanol–water partition coefficient (Wildman–Crippen LogP) is 5.20. The number of nitrogens with one attached hydrogen (secondary N) is 1. The lowest BCUT2D eigenvalue weighted by Gasteiger charge is -2.40. The third-order valence-corrected chi connectivity index (χ3v) is 4.54. The Hall–Kier alpha value is -3.08. The number of hydrogen-bond acceptors (Lipinski definition) is 6. The van der Waals surface area contributed by atoms with Crippen LogP contribution in [-0.4, -0.2) is 72.8 Å². The van der Waals surface area contributed by atoms with Gasteiger partial charge >= 0.3 is 42.2 Å². The average Bonchev–Trinajstić information content (AvgIpc) is 2.71. The van der Waals surface area contributed by atoms with E-state index in [2.05, 4.69) is 27.4 Å². The zero-order valence-corrected chi connectivity index (χ0v) is 20.0. The quantitative estimate of drug-likeness (QED) is 0.156. The molecule has 18 heteroatoms. The first kappa shape index (κ1) is 34.9. The molecule has 7 nitrogen and oxygen atoms in total. The number of amides is 1. The van der Waals surface area contributed by atoms with E-state index in [1.165, 1.54) is 5.32 Å². The molecule has 0 aromatic rings. The molecule has 0 fully saturated rings. The van der Waals surface area contributed by atoms with Crippen molar-refractivity contribution in [1.29, 1.82) is 0 Å². The molecule has 1 N–H and O–H groups in total.